The van der Waals surface area contributed by atoms with Crippen molar-refractivity contribution in [2.75, 3.05) is 0 Å². The van der Waals surface area contributed by atoms with E-state index in [0.717, 1.165) is 0 Å². The molecule has 0 aliphatic rings. The number of hydrogen-bond acceptors (Lipinski definition) is 3. The summed E-state index contributed by atoms with van der Waals surface area (Å²) in [5, 5.41) is 2.08. The second-order valence-corrected chi connectivity index (χ2v) is 5.68. The number of thiophene rings is 1. The minimum atomic E-state index is -0.0408. The number of hydrogen-bond donors (Lipinski definition) is 2. The highest BCUT2D eigenvalue weighted by Gasteiger charge is 2.32. The second kappa shape index (κ2) is 5.00. The Bertz CT molecular complexity index is 448. The fourth-order valence-corrected chi connectivity index (χ4v) is 3.11. The third kappa shape index (κ3) is 2.41. The zero-order chi connectivity index (χ0) is 12.3. The van der Waals surface area contributed by atoms with Crippen LogP contribution in [0.2, 0.25) is 0 Å². The third-order valence-corrected chi connectivity index (χ3v) is 4.17. The molecule has 0 aliphatic heterocycles. The van der Waals surface area contributed by atoms with Crippen LogP contribution < -0.4 is 11.3 Å². The molecular weight excluding hydrogens is 228 g/mol. The fourth-order valence-electron chi connectivity index (χ4n) is 2.14. The van der Waals surface area contributed by atoms with Gasteiger partial charge in [0.2, 0.25) is 0 Å². The summed E-state index contributed by atoms with van der Waals surface area (Å²) >= 11 is 1.73. The zero-order valence-corrected chi connectivity index (χ0v) is 11.0. The van der Waals surface area contributed by atoms with Gasteiger partial charge in [0.25, 0.3) is 0 Å². The van der Waals surface area contributed by atoms with Crippen LogP contribution in [0.25, 0.3) is 0 Å². The van der Waals surface area contributed by atoms with E-state index in [1.807, 2.05) is 6.07 Å². The van der Waals surface area contributed by atoms with Crippen molar-refractivity contribution in [2.45, 2.75) is 25.3 Å². The smallest absolute Gasteiger partial charge is 0.0644 e. The molecule has 0 fully saturated rings. The van der Waals surface area contributed by atoms with Crippen molar-refractivity contribution in [2.24, 2.45) is 5.84 Å². The molecule has 0 amide bonds. The van der Waals surface area contributed by atoms with E-state index in [0.29, 0.717) is 0 Å². The van der Waals surface area contributed by atoms with Gasteiger partial charge < -0.3 is 0 Å². The van der Waals surface area contributed by atoms with E-state index in [1.165, 1.54) is 10.4 Å². The summed E-state index contributed by atoms with van der Waals surface area (Å²) in [5.74, 6) is 5.74. The van der Waals surface area contributed by atoms with Crippen LogP contribution in [0.3, 0.4) is 0 Å². The molecule has 0 spiro atoms. The normalized spacial score (nSPS) is 13.6. The topological polar surface area (TPSA) is 38.0 Å². The highest BCUT2D eigenvalue weighted by molar-refractivity contribution is 7.10. The van der Waals surface area contributed by atoms with Crippen LogP contribution in [0.1, 0.15) is 30.3 Å². The van der Waals surface area contributed by atoms with Crippen molar-refractivity contribution < 1.29 is 0 Å². The molecule has 2 nitrogen and oxygen atoms in total. The summed E-state index contributed by atoms with van der Waals surface area (Å²) in [7, 11) is 0. The van der Waals surface area contributed by atoms with E-state index in [4.69, 9.17) is 5.84 Å². The number of rotatable bonds is 4. The van der Waals surface area contributed by atoms with Crippen LogP contribution in [-0.4, -0.2) is 0 Å². The largest absolute Gasteiger partial charge is 0.271 e. The van der Waals surface area contributed by atoms with Gasteiger partial charge in [0.1, 0.15) is 0 Å². The Morgan fingerprint density at radius 3 is 2.35 bits per heavy atom. The summed E-state index contributed by atoms with van der Waals surface area (Å²) < 4.78 is 0. The Labute approximate surface area is 106 Å². The molecule has 1 atom stereocenters. The van der Waals surface area contributed by atoms with Crippen molar-refractivity contribution in [3.63, 3.8) is 0 Å². The lowest BCUT2D eigenvalue weighted by Crippen LogP contribution is -2.40. The van der Waals surface area contributed by atoms with E-state index in [1.54, 1.807) is 11.3 Å². The number of nitrogens with two attached hydrogens (primary N) is 1. The van der Waals surface area contributed by atoms with Gasteiger partial charge in [-0.15, -0.1) is 11.3 Å². The Balaban J connectivity index is 2.37. The Kier molecular flexibility index (Phi) is 3.62. The lowest BCUT2D eigenvalue weighted by molar-refractivity contribution is 0.358. The molecule has 0 aliphatic carbocycles. The quantitative estimate of drug-likeness (QED) is 0.642. The van der Waals surface area contributed by atoms with Gasteiger partial charge in [-0.3, -0.25) is 11.3 Å². The molecule has 3 heteroatoms. The second-order valence-electron chi connectivity index (χ2n) is 4.70. The van der Waals surface area contributed by atoms with Crippen LogP contribution in [0.15, 0.2) is 47.8 Å². The molecule has 17 heavy (non-hydrogen) atoms. The van der Waals surface area contributed by atoms with Crippen LogP contribution >= 0.6 is 11.3 Å². The first-order valence-electron chi connectivity index (χ1n) is 5.71. The molecule has 1 aromatic heterocycles. The van der Waals surface area contributed by atoms with Crippen molar-refractivity contribution >= 4 is 11.3 Å². The maximum Gasteiger partial charge on any atom is 0.0644 e. The minimum Gasteiger partial charge on any atom is -0.271 e. The molecule has 1 heterocycles. The fraction of sp³-hybridized carbons (Fsp3) is 0.286. The minimum absolute atomic E-state index is 0.0408. The summed E-state index contributed by atoms with van der Waals surface area (Å²) in [6.07, 6.45) is 0. The standard InChI is InChI=1S/C14H18N2S/c1-14(2,11-7-4-3-5-8-11)13(16-15)12-9-6-10-17-12/h3-10,13,16H,15H2,1-2H3. The van der Waals surface area contributed by atoms with Crippen LogP contribution in [0, 0.1) is 0 Å². The molecule has 1 unspecified atom stereocenters. The van der Waals surface area contributed by atoms with Crippen molar-refractivity contribution in [1.82, 2.24) is 5.43 Å². The van der Waals surface area contributed by atoms with Crippen molar-refractivity contribution in [3.05, 3.63) is 58.3 Å². The molecular formula is C14H18N2S. The summed E-state index contributed by atoms with van der Waals surface area (Å²) in [6, 6.07) is 14.8. The molecule has 0 saturated carbocycles. The van der Waals surface area contributed by atoms with E-state index in [-0.39, 0.29) is 11.5 Å². The first-order valence-corrected chi connectivity index (χ1v) is 6.59. The van der Waals surface area contributed by atoms with Gasteiger partial charge >= 0.3 is 0 Å². The highest BCUT2D eigenvalue weighted by Crippen LogP contribution is 2.37. The van der Waals surface area contributed by atoms with Gasteiger partial charge in [-0.2, -0.15) is 0 Å². The first kappa shape index (κ1) is 12.3. The van der Waals surface area contributed by atoms with Gasteiger partial charge in [-0.1, -0.05) is 50.2 Å². The van der Waals surface area contributed by atoms with Gasteiger partial charge in [0.15, 0.2) is 0 Å². The summed E-state index contributed by atoms with van der Waals surface area (Å²) in [6.45, 7) is 4.43. The van der Waals surface area contributed by atoms with Gasteiger partial charge in [-0.05, 0) is 17.0 Å². The molecule has 1 aromatic carbocycles. The molecule has 0 radical (unpaired) electrons. The van der Waals surface area contributed by atoms with Crippen LogP contribution in [0.5, 0.6) is 0 Å². The molecule has 90 valence electrons. The first-order chi connectivity index (χ1) is 8.16. The number of benzene rings is 1. The van der Waals surface area contributed by atoms with E-state index in [2.05, 4.69) is 61.1 Å². The molecule has 0 saturated heterocycles. The lowest BCUT2D eigenvalue weighted by atomic mass is 9.77. The van der Waals surface area contributed by atoms with Crippen molar-refractivity contribution in [3.8, 4) is 0 Å². The van der Waals surface area contributed by atoms with E-state index >= 15 is 0 Å². The van der Waals surface area contributed by atoms with E-state index in [9.17, 15) is 0 Å². The zero-order valence-electron chi connectivity index (χ0n) is 10.2. The number of hydrazine groups is 1. The maximum absolute atomic E-state index is 5.74. The van der Waals surface area contributed by atoms with Crippen molar-refractivity contribution in [1.29, 1.82) is 0 Å². The predicted octanol–water partition coefficient (Wildman–Crippen LogP) is 3.23. The number of nitrogens with one attached hydrogen (secondary N) is 1. The lowest BCUT2D eigenvalue weighted by Gasteiger charge is -2.33. The predicted molar refractivity (Wildman–Crippen MR) is 73.9 cm³/mol. The summed E-state index contributed by atoms with van der Waals surface area (Å²) in [5.41, 5.74) is 4.20. The summed E-state index contributed by atoms with van der Waals surface area (Å²) in [4.78, 5) is 1.27. The van der Waals surface area contributed by atoms with Gasteiger partial charge in [0, 0.05) is 10.3 Å². The average Bonchev–Trinajstić information content (AvgIpc) is 2.84. The Morgan fingerprint density at radius 2 is 1.82 bits per heavy atom. The third-order valence-electron chi connectivity index (χ3n) is 3.23. The van der Waals surface area contributed by atoms with Crippen LogP contribution in [0.4, 0.5) is 0 Å². The molecule has 2 aromatic rings. The maximum atomic E-state index is 5.74. The van der Waals surface area contributed by atoms with E-state index < -0.39 is 0 Å². The Morgan fingerprint density at radius 1 is 1.12 bits per heavy atom. The average molecular weight is 246 g/mol. The van der Waals surface area contributed by atoms with Gasteiger partial charge in [-0.25, -0.2) is 0 Å². The Hall–Kier alpha value is -1.16. The SMILES string of the molecule is CC(C)(c1ccccc1)C(NN)c1cccs1. The van der Waals surface area contributed by atoms with Gasteiger partial charge in [0.05, 0.1) is 6.04 Å². The molecule has 0 bridgehead atoms. The molecule has 3 N–H and O–H groups in total. The molecule has 2 rings (SSSR count). The van der Waals surface area contributed by atoms with Crippen LogP contribution in [-0.2, 0) is 5.41 Å². The monoisotopic (exact) mass is 246 g/mol. The highest BCUT2D eigenvalue weighted by atomic mass is 32.1.